The molecular formula is C19H23N5O4. The Morgan fingerprint density at radius 2 is 2.11 bits per heavy atom. The summed E-state index contributed by atoms with van der Waals surface area (Å²) >= 11 is 0. The van der Waals surface area contributed by atoms with Gasteiger partial charge in [-0.15, -0.1) is 0 Å². The second-order valence-electron chi connectivity index (χ2n) is 6.37. The van der Waals surface area contributed by atoms with Gasteiger partial charge in [-0.1, -0.05) is 5.16 Å². The first-order valence-electron chi connectivity index (χ1n) is 8.82. The van der Waals surface area contributed by atoms with Crippen molar-refractivity contribution >= 4 is 28.4 Å². The smallest absolute Gasteiger partial charge is 0.404 e. The number of amides is 1. The number of rotatable bonds is 7. The highest BCUT2D eigenvalue weighted by Gasteiger charge is 2.18. The molecule has 5 N–H and O–H groups in total. The van der Waals surface area contributed by atoms with Crippen LogP contribution in [0.2, 0.25) is 0 Å². The predicted octanol–water partition coefficient (Wildman–Crippen LogP) is 3.17. The molecule has 0 bridgehead atoms. The highest BCUT2D eigenvalue weighted by molar-refractivity contribution is 6.00. The van der Waals surface area contributed by atoms with E-state index in [-0.39, 0.29) is 0 Å². The van der Waals surface area contributed by atoms with Crippen molar-refractivity contribution in [2.75, 3.05) is 31.2 Å². The number of pyridine rings is 1. The molecule has 3 aromatic rings. The molecule has 28 heavy (non-hydrogen) atoms. The molecule has 0 radical (unpaired) electrons. The van der Waals surface area contributed by atoms with E-state index >= 15 is 0 Å². The largest absolute Gasteiger partial charge is 0.496 e. The summed E-state index contributed by atoms with van der Waals surface area (Å²) in [7, 11) is 1.60. The minimum absolute atomic E-state index is 0.352. The number of nitrogen functional groups attached to an aromatic ring is 1. The van der Waals surface area contributed by atoms with Crippen LogP contribution in [0.25, 0.3) is 22.0 Å². The van der Waals surface area contributed by atoms with Crippen LogP contribution in [-0.4, -0.2) is 41.5 Å². The maximum absolute atomic E-state index is 10.5. The van der Waals surface area contributed by atoms with E-state index in [1.807, 2.05) is 26.0 Å². The Hall–Kier alpha value is -3.49. The Morgan fingerprint density at radius 3 is 2.75 bits per heavy atom. The van der Waals surface area contributed by atoms with Crippen molar-refractivity contribution in [1.29, 1.82) is 0 Å². The Morgan fingerprint density at radius 1 is 1.32 bits per heavy atom. The van der Waals surface area contributed by atoms with Gasteiger partial charge in [0.2, 0.25) is 0 Å². The van der Waals surface area contributed by atoms with Crippen molar-refractivity contribution < 1.29 is 19.2 Å². The Labute approximate surface area is 161 Å². The van der Waals surface area contributed by atoms with E-state index < -0.39 is 6.09 Å². The molecule has 9 heteroatoms. The Bertz CT molecular complexity index is 996. The van der Waals surface area contributed by atoms with Crippen LogP contribution in [0.4, 0.5) is 16.2 Å². The first-order valence-corrected chi connectivity index (χ1v) is 8.82. The number of ether oxygens (including phenoxy) is 1. The van der Waals surface area contributed by atoms with Gasteiger partial charge in [-0.25, -0.2) is 4.79 Å². The molecule has 0 aliphatic carbocycles. The fourth-order valence-electron chi connectivity index (χ4n) is 3.16. The van der Waals surface area contributed by atoms with Gasteiger partial charge in [0.1, 0.15) is 11.5 Å². The third kappa shape index (κ3) is 3.78. The molecule has 1 aromatic carbocycles. The summed E-state index contributed by atoms with van der Waals surface area (Å²) in [6.45, 7) is 4.64. The van der Waals surface area contributed by atoms with Crippen LogP contribution in [0.3, 0.4) is 0 Å². The first-order chi connectivity index (χ1) is 13.4. The number of carboxylic acid groups (broad SMARTS) is 1. The molecule has 148 valence electrons. The molecule has 0 saturated heterocycles. The number of carbonyl (C=O) groups is 1. The quantitative estimate of drug-likeness (QED) is 0.455. The number of methoxy groups -OCH3 is 1. The van der Waals surface area contributed by atoms with E-state index in [1.165, 1.54) is 0 Å². The van der Waals surface area contributed by atoms with Crippen molar-refractivity contribution in [2.24, 2.45) is 0 Å². The number of nitrogens with zero attached hydrogens (tertiary/aromatic N) is 2. The van der Waals surface area contributed by atoms with E-state index in [0.717, 1.165) is 33.4 Å². The molecule has 0 aliphatic heterocycles. The average Bonchev–Trinajstić information content (AvgIpc) is 3.00. The number of aromatic nitrogens is 2. The summed E-state index contributed by atoms with van der Waals surface area (Å²) in [5.41, 5.74) is 10.6. The van der Waals surface area contributed by atoms with Gasteiger partial charge in [0.25, 0.3) is 0 Å². The number of hydrogen-bond donors (Lipinski definition) is 4. The van der Waals surface area contributed by atoms with Crippen LogP contribution < -0.4 is 21.1 Å². The van der Waals surface area contributed by atoms with Crippen molar-refractivity contribution in [2.45, 2.75) is 20.3 Å². The number of nitrogens with one attached hydrogen (secondary N) is 2. The Kier molecular flexibility index (Phi) is 5.53. The zero-order valence-corrected chi connectivity index (χ0v) is 16.0. The van der Waals surface area contributed by atoms with Gasteiger partial charge in [-0.05, 0) is 32.4 Å². The van der Waals surface area contributed by atoms with Crippen molar-refractivity contribution in [1.82, 2.24) is 15.5 Å². The molecule has 0 aliphatic rings. The maximum Gasteiger partial charge on any atom is 0.404 e. The van der Waals surface area contributed by atoms with Crippen LogP contribution >= 0.6 is 0 Å². The standard InChI is InChI=1S/C19H23N5O4/c1-10-17(11(2)28-24-10)13-7-15-12(8-16(13)27-3)18(14(20)9-23-15)21-5-4-6-22-19(25)26/h7-9,22H,4-6,20H2,1-3H3,(H,21,23)(H,25,26). The lowest BCUT2D eigenvalue weighted by Gasteiger charge is -2.15. The zero-order chi connectivity index (χ0) is 20.3. The molecule has 1 amide bonds. The molecule has 0 spiro atoms. The third-order valence-corrected chi connectivity index (χ3v) is 4.45. The second-order valence-corrected chi connectivity index (χ2v) is 6.37. The van der Waals surface area contributed by atoms with Gasteiger partial charge < -0.3 is 30.7 Å². The Balaban J connectivity index is 1.98. The second kappa shape index (κ2) is 8.03. The fourth-order valence-corrected chi connectivity index (χ4v) is 3.16. The number of fused-ring (bicyclic) bond motifs is 1. The lowest BCUT2D eigenvalue weighted by atomic mass is 10.00. The summed E-state index contributed by atoms with van der Waals surface area (Å²) in [4.78, 5) is 15.0. The monoisotopic (exact) mass is 385 g/mol. The summed E-state index contributed by atoms with van der Waals surface area (Å²) in [5, 5.41) is 19.1. The predicted molar refractivity (Wildman–Crippen MR) is 107 cm³/mol. The summed E-state index contributed by atoms with van der Waals surface area (Å²) in [6.07, 6.45) is 1.18. The van der Waals surface area contributed by atoms with E-state index in [2.05, 4.69) is 20.8 Å². The molecule has 2 heterocycles. The first kappa shape index (κ1) is 19.3. The number of benzene rings is 1. The third-order valence-electron chi connectivity index (χ3n) is 4.45. The lowest BCUT2D eigenvalue weighted by molar-refractivity contribution is 0.194. The fraction of sp³-hybridized carbons (Fsp3) is 0.316. The molecule has 0 fully saturated rings. The van der Waals surface area contributed by atoms with Crippen molar-refractivity contribution in [3.8, 4) is 16.9 Å². The van der Waals surface area contributed by atoms with Crippen LogP contribution in [0.1, 0.15) is 17.9 Å². The van der Waals surface area contributed by atoms with Crippen LogP contribution in [0.5, 0.6) is 5.75 Å². The minimum Gasteiger partial charge on any atom is -0.496 e. The number of nitrogens with two attached hydrogens (primary N) is 1. The molecule has 9 nitrogen and oxygen atoms in total. The summed E-state index contributed by atoms with van der Waals surface area (Å²) in [5.74, 6) is 1.36. The van der Waals surface area contributed by atoms with E-state index in [1.54, 1.807) is 13.3 Å². The molecule has 0 atom stereocenters. The van der Waals surface area contributed by atoms with E-state index in [9.17, 15) is 4.79 Å². The maximum atomic E-state index is 10.5. The number of hydrogen-bond acceptors (Lipinski definition) is 7. The average molecular weight is 385 g/mol. The zero-order valence-electron chi connectivity index (χ0n) is 16.0. The van der Waals surface area contributed by atoms with Crippen molar-refractivity contribution in [3.63, 3.8) is 0 Å². The highest BCUT2D eigenvalue weighted by Crippen LogP contribution is 2.40. The normalized spacial score (nSPS) is 10.8. The summed E-state index contributed by atoms with van der Waals surface area (Å²) in [6, 6.07) is 3.81. The van der Waals surface area contributed by atoms with Gasteiger partial charge in [0.15, 0.2) is 0 Å². The van der Waals surface area contributed by atoms with Gasteiger partial charge in [-0.2, -0.15) is 0 Å². The minimum atomic E-state index is -1.04. The SMILES string of the molecule is COc1cc2c(NCCCNC(=O)O)c(N)cnc2cc1-c1c(C)noc1C. The van der Waals surface area contributed by atoms with E-state index in [4.69, 9.17) is 20.1 Å². The van der Waals surface area contributed by atoms with E-state index in [0.29, 0.717) is 36.7 Å². The number of aryl methyl sites for hydroxylation is 2. The van der Waals surface area contributed by atoms with Crippen LogP contribution in [0.15, 0.2) is 22.9 Å². The van der Waals surface area contributed by atoms with Gasteiger partial charge in [-0.3, -0.25) is 4.98 Å². The van der Waals surface area contributed by atoms with Gasteiger partial charge >= 0.3 is 6.09 Å². The van der Waals surface area contributed by atoms with Crippen molar-refractivity contribution in [3.05, 3.63) is 29.8 Å². The van der Waals surface area contributed by atoms with Gasteiger partial charge in [0.05, 0.1) is 41.5 Å². The number of anilines is 2. The topological polar surface area (TPSA) is 136 Å². The molecule has 0 unspecified atom stereocenters. The lowest BCUT2D eigenvalue weighted by Crippen LogP contribution is -2.23. The molecule has 0 saturated carbocycles. The van der Waals surface area contributed by atoms with Crippen LogP contribution in [0, 0.1) is 13.8 Å². The highest BCUT2D eigenvalue weighted by atomic mass is 16.5. The molecular weight excluding hydrogens is 362 g/mol. The van der Waals surface area contributed by atoms with Crippen LogP contribution in [-0.2, 0) is 0 Å². The molecule has 3 rings (SSSR count). The van der Waals surface area contributed by atoms with Gasteiger partial charge in [0, 0.05) is 24.0 Å². The molecule has 2 aromatic heterocycles. The summed E-state index contributed by atoms with van der Waals surface area (Å²) < 4.78 is 10.9.